The molecule has 3 rings (SSSR count). The molecule has 0 atom stereocenters. The normalized spacial score (nSPS) is 15.7. The van der Waals surface area contributed by atoms with Crippen LogP contribution in [-0.4, -0.2) is 52.8 Å². The van der Waals surface area contributed by atoms with Gasteiger partial charge in [0.25, 0.3) is 5.91 Å². The highest BCUT2D eigenvalue weighted by molar-refractivity contribution is 5.92. The molecule has 1 amide bonds. The predicted octanol–water partition coefficient (Wildman–Crippen LogP) is 1.90. The Kier molecular flexibility index (Phi) is 4.32. The maximum absolute atomic E-state index is 12.4. The second-order valence-electron chi connectivity index (χ2n) is 6.28. The predicted molar refractivity (Wildman–Crippen MR) is 89.7 cm³/mol. The maximum atomic E-state index is 12.4. The first-order chi connectivity index (χ1) is 11.0. The summed E-state index contributed by atoms with van der Waals surface area (Å²) in [5.41, 5.74) is 2.76. The van der Waals surface area contributed by atoms with Gasteiger partial charge in [0, 0.05) is 52.0 Å². The van der Waals surface area contributed by atoms with E-state index >= 15 is 0 Å². The van der Waals surface area contributed by atoms with Gasteiger partial charge in [-0.3, -0.25) is 14.5 Å². The number of carbonyl (C=O) groups is 1. The number of nitrogens with zero attached hydrogens (tertiary/aromatic N) is 5. The van der Waals surface area contributed by atoms with Gasteiger partial charge in [0.1, 0.15) is 5.69 Å². The summed E-state index contributed by atoms with van der Waals surface area (Å²) in [6.45, 7) is 1.52. The molecule has 0 spiro atoms. The lowest BCUT2D eigenvalue weighted by atomic mass is 9.93. The van der Waals surface area contributed by atoms with E-state index in [-0.39, 0.29) is 5.91 Å². The molecule has 1 fully saturated rings. The SMILES string of the molecule is CN(C)c1ccc(C2CCN(C(=O)c3ccn(C)n3)CC2)nc1. The lowest BCUT2D eigenvalue weighted by Gasteiger charge is -2.31. The van der Waals surface area contributed by atoms with Crippen LogP contribution in [0, 0.1) is 0 Å². The second-order valence-corrected chi connectivity index (χ2v) is 6.28. The first-order valence-electron chi connectivity index (χ1n) is 7.97. The fourth-order valence-electron chi connectivity index (χ4n) is 2.97. The summed E-state index contributed by atoms with van der Waals surface area (Å²) in [7, 11) is 5.85. The van der Waals surface area contributed by atoms with Crippen molar-refractivity contribution in [3.8, 4) is 0 Å². The van der Waals surface area contributed by atoms with Crippen molar-refractivity contribution in [3.63, 3.8) is 0 Å². The van der Waals surface area contributed by atoms with E-state index in [9.17, 15) is 4.79 Å². The molecule has 0 aromatic carbocycles. The summed E-state index contributed by atoms with van der Waals surface area (Å²) in [5.74, 6) is 0.457. The summed E-state index contributed by atoms with van der Waals surface area (Å²) in [5, 5.41) is 4.20. The number of carbonyl (C=O) groups excluding carboxylic acids is 1. The van der Waals surface area contributed by atoms with Crippen LogP contribution >= 0.6 is 0 Å². The van der Waals surface area contributed by atoms with E-state index in [2.05, 4.69) is 22.2 Å². The molecule has 2 aromatic heterocycles. The number of pyridine rings is 1. The van der Waals surface area contributed by atoms with Crippen molar-refractivity contribution in [1.29, 1.82) is 0 Å². The van der Waals surface area contributed by atoms with Gasteiger partial charge in [-0.15, -0.1) is 0 Å². The quantitative estimate of drug-likeness (QED) is 0.868. The number of likely N-dealkylation sites (tertiary alicyclic amines) is 1. The van der Waals surface area contributed by atoms with E-state index in [0.29, 0.717) is 11.6 Å². The van der Waals surface area contributed by atoms with Gasteiger partial charge < -0.3 is 9.80 Å². The molecule has 0 saturated carbocycles. The molecule has 1 aliphatic heterocycles. The Morgan fingerprint density at radius 3 is 2.48 bits per heavy atom. The Balaban J connectivity index is 1.60. The van der Waals surface area contributed by atoms with E-state index in [0.717, 1.165) is 37.3 Å². The van der Waals surface area contributed by atoms with Gasteiger partial charge in [-0.1, -0.05) is 0 Å². The van der Waals surface area contributed by atoms with Crippen molar-refractivity contribution in [2.45, 2.75) is 18.8 Å². The number of hydrogen-bond donors (Lipinski definition) is 0. The fourth-order valence-corrected chi connectivity index (χ4v) is 2.97. The molecule has 0 N–H and O–H groups in total. The summed E-state index contributed by atoms with van der Waals surface area (Å²) in [6.07, 6.45) is 5.62. The molecule has 3 heterocycles. The third-order valence-corrected chi connectivity index (χ3v) is 4.42. The van der Waals surface area contributed by atoms with Crippen molar-refractivity contribution in [1.82, 2.24) is 19.7 Å². The molecule has 122 valence electrons. The molecule has 0 bridgehead atoms. The Hall–Kier alpha value is -2.37. The van der Waals surface area contributed by atoms with Crippen molar-refractivity contribution < 1.29 is 4.79 Å². The molecule has 1 aliphatic rings. The van der Waals surface area contributed by atoms with E-state index in [1.807, 2.05) is 37.1 Å². The smallest absolute Gasteiger partial charge is 0.274 e. The van der Waals surface area contributed by atoms with E-state index in [1.54, 1.807) is 16.9 Å². The van der Waals surface area contributed by atoms with Crippen LogP contribution in [0.5, 0.6) is 0 Å². The summed E-state index contributed by atoms with van der Waals surface area (Å²) in [6, 6.07) is 5.99. The van der Waals surface area contributed by atoms with Gasteiger partial charge in [0.15, 0.2) is 0 Å². The van der Waals surface area contributed by atoms with Crippen LogP contribution in [0.2, 0.25) is 0 Å². The van der Waals surface area contributed by atoms with Gasteiger partial charge in [-0.2, -0.15) is 5.10 Å². The zero-order chi connectivity index (χ0) is 16.4. The molecule has 0 unspecified atom stereocenters. The molecule has 1 saturated heterocycles. The lowest BCUT2D eigenvalue weighted by molar-refractivity contribution is 0.0705. The van der Waals surface area contributed by atoms with Crippen LogP contribution in [-0.2, 0) is 7.05 Å². The third kappa shape index (κ3) is 3.36. The Labute approximate surface area is 136 Å². The van der Waals surface area contributed by atoms with Gasteiger partial charge in [0.2, 0.25) is 0 Å². The van der Waals surface area contributed by atoms with Crippen LogP contribution in [0.4, 0.5) is 5.69 Å². The van der Waals surface area contributed by atoms with Gasteiger partial charge in [-0.25, -0.2) is 0 Å². The third-order valence-electron chi connectivity index (χ3n) is 4.42. The molecule has 0 aliphatic carbocycles. The monoisotopic (exact) mass is 313 g/mol. The molecule has 2 aromatic rings. The first-order valence-corrected chi connectivity index (χ1v) is 7.97. The molecule has 23 heavy (non-hydrogen) atoms. The van der Waals surface area contributed by atoms with E-state index in [1.165, 1.54) is 0 Å². The molecular weight excluding hydrogens is 290 g/mol. The first kappa shape index (κ1) is 15.5. The fraction of sp³-hybridized carbons (Fsp3) is 0.471. The number of aryl methyl sites for hydroxylation is 1. The number of piperidine rings is 1. The standard InChI is InChI=1S/C17H23N5O/c1-20(2)14-4-5-15(18-12-14)13-6-10-22(11-7-13)17(23)16-8-9-21(3)19-16/h4-5,8-9,12-13H,6-7,10-11H2,1-3H3. The topological polar surface area (TPSA) is 54.3 Å². The van der Waals surface area contributed by atoms with Gasteiger partial charge in [0.05, 0.1) is 11.9 Å². The molecular formula is C17H23N5O. The van der Waals surface area contributed by atoms with Crippen molar-refractivity contribution in [3.05, 3.63) is 42.0 Å². The summed E-state index contributed by atoms with van der Waals surface area (Å²) < 4.78 is 1.66. The van der Waals surface area contributed by atoms with Crippen LogP contribution in [0.3, 0.4) is 0 Å². The summed E-state index contributed by atoms with van der Waals surface area (Å²) in [4.78, 5) is 20.9. The van der Waals surface area contributed by atoms with Crippen LogP contribution in [0.25, 0.3) is 0 Å². The average Bonchev–Trinajstić information content (AvgIpc) is 3.01. The van der Waals surface area contributed by atoms with Crippen LogP contribution in [0.15, 0.2) is 30.6 Å². The molecule has 6 nitrogen and oxygen atoms in total. The minimum atomic E-state index is 0.0277. The molecule has 0 radical (unpaired) electrons. The zero-order valence-electron chi connectivity index (χ0n) is 13.9. The van der Waals surface area contributed by atoms with E-state index in [4.69, 9.17) is 0 Å². The largest absolute Gasteiger partial charge is 0.376 e. The Morgan fingerprint density at radius 1 is 1.22 bits per heavy atom. The highest BCUT2D eigenvalue weighted by atomic mass is 16.2. The van der Waals surface area contributed by atoms with Gasteiger partial charge in [-0.05, 0) is 31.0 Å². The highest BCUT2D eigenvalue weighted by Gasteiger charge is 2.26. The minimum Gasteiger partial charge on any atom is -0.376 e. The average molecular weight is 313 g/mol. The van der Waals surface area contributed by atoms with Crippen LogP contribution in [0.1, 0.15) is 34.9 Å². The number of aromatic nitrogens is 3. The number of rotatable bonds is 3. The number of hydrogen-bond acceptors (Lipinski definition) is 4. The number of anilines is 1. The van der Waals surface area contributed by atoms with Crippen LogP contribution < -0.4 is 4.90 Å². The van der Waals surface area contributed by atoms with Crippen molar-refractivity contribution in [2.75, 3.05) is 32.1 Å². The maximum Gasteiger partial charge on any atom is 0.274 e. The van der Waals surface area contributed by atoms with Gasteiger partial charge >= 0.3 is 0 Å². The Morgan fingerprint density at radius 2 is 1.96 bits per heavy atom. The van der Waals surface area contributed by atoms with E-state index < -0.39 is 0 Å². The van der Waals surface area contributed by atoms with Crippen molar-refractivity contribution >= 4 is 11.6 Å². The zero-order valence-corrected chi connectivity index (χ0v) is 13.9. The second kappa shape index (κ2) is 6.40. The number of amides is 1. The summed E-state index contributed by atoms with van der Waals surface area (Å²) >= 11 is 0. The molecule has 6 heteroatoms. The lowest BCUT2D eigenvalue weighted by Crippen LogP contribution is -2.38. The van der Waals surface area contributed by atoms with Crippen molar-refractivity contribution in [2.24, 2.45) is 7.05 Å². The highest BCUT2D eigenvalue weighted by Crippen LogP contribution is 2.28. The Bertz CT molecular complexity index is 669. The minimum absolute atomic E-state index is 0.0277.